The minimum absolute atomic E-state index is 0.00500. The molecule has 222 valence electrons. The Morgan fingerprint density at radius 3 is 2.49 bits per heavy atom. The Kier molecular flexibility index (Phi) is 13.5. The molecule has 2 aromatic rings. The quantitative estimate of drug-likeness (QED) is 0.0619. The number of carbonyl (C=O) groups excluding carboxylic acids is 1. The number of nitrogens with two attached hydrogens (primary N) is 3. The molecular formula is C28H39F2N9O2. The normalized spacial score (nSPS) is 13.3. The van der Waals surface area contributed by atoms with E-state index in [1.807, 2.05) is 25.7 Å². The summed E-state index contributed by atoms with van der Waals surface area (Å²) in [5, 5.41) is 10.5. The molecule has 7 N–H and O–H groups in total. The van der Waals surface area contributed by atoms with Crippen molar-refractivity contribution >= 4 is 23.2 Å². The molecule has 0 saturated carbocycles. The van der Waals surface area contributed by atoms with E-state index >= 15 is 0 Å². The third-order valence-electron chi connectivity index (χ3n) is 6.24. The highest BCUT2D eigenvalue weighted by molar-refractivity contribution is 6.03. The van der Waals surface area contributed by atoms with Crippen molar-refractivity contribution in [1.29, 1.82) is 0 Å². The fourth-order valence-electron chi connectivity index (χ4n) is 4.01. The average molecular weight is 572 g/mol. The van der Waals surface area contributed by atoms with Gasteiger partial charge in [-0.2, -0.15) is 10.0 Å². The molecule has 1 aromatic carbocycles. The first-order valence-corrected chi connectivity index (χ1v) is 13.3. The van der Waals surface area contributed by atoms with E-state index in [-0.39, 0.29) is 54.4 Å². The van der Waals surface area contributed by atoms with Crippen LogP contribution in [0, 0.1) is 4.91 Å². The van der Waals surface area contributed by atoms with Crippen LogP contribution in [-0.2, 0) is 4.79 Å². The topological polar surface area (TPSA) is 168 Å². The summed E-state index contributed by atoms with van der Waals surface area (Å²) in [5.74, 6) is 10.8. The summed E-state index contributed by atoms with van der Waals surface area (Å²) < 4.78 is 27.9. The summed E-state index contributed by atoms with van der Waals surface area (Å²) in [6, 6.07) is 8.57. The summed E-state index contributed by atoms with van der Waals surface area (Å²) in [4.78, 5) is 29.4. The number of pyridine rings is 1. The van der Waals surface area contributed by atoms with Crippen LogP contribution in [0.1, 0.15) is 39.2 Å². The van der Waals surface area contributed by atoms with E-state index in [0.29, 0.717) is 24.2 Å². The smallest absolute Gasteiger partial charge is 0.238 e. The lowest BCUT2D eigenvalue weighted by molar-refractivity contribution is -0.117. The molecule has 41 heavy (non-hydrogen) atoms. The molecule has 0 saturated heterocycles. The van der Waals surface area contributed by atoms with Gasteiger partial charge in [-0.05, 0) is 56.1 Å². The number of hydrazone groups is 1. The van der Waals surface area contributed by atoms with E-state index in [1.165, 1.54) is 6.08 Å². The number of amides is 1. The van der Waals surface area contributed by atoms with Gasteiger partial charge < -0.3 is 16.9 Å². The minimum Gasteiger partial charge on any atom is -0.383 e. The van der Waals surface area contributed by atoms with Gasteiger partial charge in [0.1, 0.15) is 18.3 Å². The van der Waals surface area contributed by atoms with Gasteiger partial charge in [0.05, 0.1) is 25.2 Å². The van der Waals surface area contributed by atoms with Crippen molar-refractivity contribution in [3.05, 3.63) is 70.6 Å². The fraction of sp³-hybridized carbons (Fsp3) is 0.393. The molecule has 1 unspecified atom stereocenters. The first kappa shape index (κ1) is 33.0. The number of nitroso groups, excluding NO2 is 1. The molecule has 0 aliphatic heterocycles. The molecule has 0 fully saturated rings. The Morgan fingerprint density at radius 2 is 1.90 bits per heavy atom. The number of carbonyl (C=O) groups is 1. The second kappa shape index (κ2) is 16.8. The highest BCUT2D eigenvalue weighted by atomic mass is 19.1. The summed E-state index contributed by atoms with van der Waals surface area (Å²) in [6.07, 6.45) is 5.74. The zero-order chi connectivity index (χ0) is 30.4. The molecule has 0 spiro atoms. The predicted octanol–water partition coefficient (Wildman–Crippen LogP) is 4.09. The molecule has 1 aromatic heterocycles. The lowest BCUT2D eigenvalue weighted by atomic mass is 10.0. The maximum Gasteiger partial charge on any atom is 0.238 e. The summed E-state index contributed by atoms with van der Waals surface area (Å²) in [7, 11) is 0. The molecule has 2 rings (SSSR count). The molecular weight excluding hydrogens is 532 g/mol. The second-order valence-electron chi connectivity index (χ2n) is 9.39. The number of nitrogens with zero attached hydrogens (tertiary/aromatic N) is 5. The van der Waals surface area contributed by atoms with Gasteiger partial charge in [-0.3, -0.25) is 14.7 Å². The van der Waals surface area contributed by atoms with Gasteiger partial charge in [-0.25, -0.2) is 19.6 Å². The first-order chi connectivity index (χ1) is 19.7. The first-order valence-electron chi connectivity index (χ1n) is 13.3. The number of hydrogen-bond acceptors (Lipinski definition) is 9. The van der Waals surface area contributed by atoms with E-state index in [9.17, 15) is 18.5 Å². The van der Waals surface area contributed by atoms with Crippen LogP contribution < -0.4 is 22.7 Å². The monoisotopic (exact) mass is 571 g/mol. The number of benzene rings is 1. The Bertz CT molecular complexity index is 1250. The van der Waals surface area contributed by atoms with Gasteiger partial charge in [-0.15, -0.1) is 0 Å². The number of amidine groups is 1. The van der Waals surface area contributed by atoms with Crippen LogP contribution >= 0.6 is 0 Å². The zero-order valence-electron chi connectivity index (χ0n) is 23.7. The SMILES string of the molecule is CC/C=C\C(F)=C(\CF)CN(N)/C(=N\N)c1cc(-c2ccc(NC(=O)CN(CCC)C(C)CN=O)cc2)cnc1N. The maximum absolute atomic E-state index is 14.3. The summed E-state index contributed by atoms with van der Waals surface area (Å²) >= 11 is 0. The zero-order valence-corrected chi connectivity index (χ0v) is 23.7. The Morgan fingerprint density at radius 1 is 1.20 bits per heavy atom. The third-order valence-corrected chi connectivity index (χ3v) is 6.24. The largest absolute Gasteiger partial charge is 0.383 e. The van der Waals surface area contributed by atoms with Crippen LogP contribution in [0.5, 0.6) is 0 Å². The van der Waals surface area contributed by atoms with Gasteiger partial charge >= 0.3 is 0 Å². The number of allylic oxidation sites excluding steroid dienone is 3. The van der Waals surface area contributed by atoms with Gasteiger partial charge in [0.15, 0.2) is 5.84 Å². The van der Waals surface area contributed by atoms with Crippen molar-refractivity contribution in [3.8, 4) is 11.1 Å². The van der Waals surface area contributed by atoms with Crippen molar-refractivity contribution in [3.63, 3.8) is 0 Å². The van der Waals surface area contributed by atoms with Crippen molar-refractivity contribution < 1.29 is 13.6 Å². The van der Waals surface area contributed by atoms with Gasteiger partial charge in [0.25, 0.3) is 0 Å². The van der Waals surface area contributed by atoms with Crippen LogP contribution in [0.15, 0.2) is 70.4 Å². The number of rotatable bonds is 15. The van der Waals surface area contributed by atoms with Gasteiger partial charge in [0.2, 0.25) is 5.91 Å². The number of hydrazine groups is 1. The third kappa shape index (κ3) is 9.72. The summed E-state index contributed by atoms with van der Waals surface area (Å²) in [5.41, 5.74) is 8.15. The van der Waals surface area contributed by atoms with Crippen LogP contribution in [0.3, 0.4) is 0 Å². The minimum atomic E-state index is -1.05. The Hall–Kier alpha value is -4.23. The van der Waals surface area contributed by atoms with Crippen molar-refractivity contribution in [2.45, 2.75) is 39.7 Å². The second-order valence-corrected chi connectivity index (χ2v) is 9.39. The van der Waals surface area contributed by atoms with Crippen LogP contribution in [0.4, 0.5) is 20.3 Å². The highest BCUT2D eigenvalue weighted by Crippen LogP contribution is 2.25. The number of nitrogens with one attached hydrogen (secondary N) is 1. The standard InChI is InChI=1S/C28H39F2N9O2/c1-4-6-7-25(30)22(14-29)17-39(33)28(37-32)24-13-21(16-34-27(24)31)20-8-10-23(11-9-20)36-26(40)18-38(12-5-2)19(3)15-35-41/h6-11,13,16,19H,4-5,12,14-15,17-18,32-33H2,1-3H3,(H2,31,34)(H,36,40)/b7-6-,25-22+,37-28-. The number of halogens is 2. The van der Waals surface area contributed by atoms with E-state index < -0.39 is 12.5 Å². The highest BCUT2D eigenvalue weighted by Gasteiger charge is 2.19. The fourth-order valence-corrected chi connectivity index (χ4v) is 4.01. The van der Waals surface area contributed by atoms with E-state index in [1.54, 1.807) is 42.6 Å². The predicted molar refractivity (Wildman–Crippen MR) is 160 cm³/mol. The van der Waals surface area contributed by atoms with E-state index in [0.717, 1.165) is 17.0 Å². The van der Waals surface area contributed by atoms with Gasteiger partial charge in [-0.1, -0.05) is 37.2 Å². The average Bonchev–Trinajstić information content (AvgIpc) is 2.96. The maximum atomic E-state index is 14.3. The summed E-state index contributed by atoms with van der Waals surface area (Å²) in [6.45, 7) is 5.24. The number of nitrogen functional groups attached to an aromatic ring is 1. The van der Waals surface area contributed by atoms with Gasteiger partial charge in [0, 0.05) is 29.1 Å². The molecule has 0 bridgehead atoms. The molecule has 13 heteroatoms. The van der Waals surface area contributed by atoms with Crippen LogP contribution in [0.2, 0.25) is 0 Å². The van der Waals surface area contributed by atoms with E-state index in [2.05, 4.69) is 20.6 Å². The lowest BCUT2D eigenvalue weighted by Gasteiger charge is -2.26. The van der Waals surface area contributed by atoms with E-state index in [4.69, 9.17) is 17.4 Å². The number of alkyl halides is 1. The lowest BCUT2D eigenvalue weighted by Crippen LogP contribution is -2.41. The van der Waals surface area contributed by atoms with Crippen molar-refractivity contribution in [1.82, 2.24) is 14.9 Å². The molecule has 0 aliphatic carbocycles. The van der Waals surface area contributed by atoms with Crippen LogP contribution in [-0.4, -0.2) is 65.5 Å². The van der Waals surface area contributed by atoms with Crippen molar-refractivity contribution in [2.24, 2.45) is 22.0 Å². The number of aromatic nitrogens is 1. The number of anilines is 2. The Balaban J connectivity index is 2.21. The molecule has 0 radical (unpaired) electrons. The number of hydrogen-bond donors (Lipinski definition) is 4. The molecule has 1 heterocycles. The molecule has 1 atom stereocenters. The molecule has 0 aliphatic rings. The van der Waals surface area contributed by atoms with Crippen molar-refractivity contribution in [2.75, 3.05) is 43.9 Å². The molecule has 1 amide bonds. The van der Waals surface area contributed by atoms with Crippen LogP contribution in [0.25, 0.3) is 11.1 Å². The molecule has 11 nitrogen and oxygen atoms in total. The Labute approximate surface area is 239 Å².